The van der Waals surface area contributed by atoms with Gasteiger partial charge < -0.3 is 15.2 Å². The van der Waals surface area contributed by atoms with Gasteiger partial charge in [-0.2, -0.15) is 0 Å². The van der Waals surface area contributed by atoms with E-state index in [0.29, 0.717) is 41.3 Å². The number of rotatable bonds is 8. The Balaban J connectivity index is 1.54. The fourth-order valence-electron chi connectivity index (χ4n) is 3.87. The van der Waals surface area contributed by atoms with Crippen LogP contribution in [0.3, 0.4) is 0 Å². The average molecular weight is 430 g/mol. The third kappa shape index (κ3) is 5.62. The summed E-state index contributed by atoms with van der Waals surface area (Å²) >= 11 is 1.39. The summed E-state index contributed by atoms with van der Waals surface area (Å²) in [6.07, 6.45) is 4.68. The molecule has 2 atom stereocenters. The summed E-state index contributed by atoms with van der Waals surface area (Å²) in [5, 5.41) is 15.2. The molecule has 1 aliphatic rings. The molecule has 8 heteroatoms. The second kappa shape index (κ2) is 10.6. The van der Waals surface area contributed by atoms with Gasteiger partial charge in [0, 0.05) is 18.2 Å². The first-order valence-corrected chi connectivity index (χ1v) is 11.7. The van der Waals surface area contributed by atoms with Gasteiger partial charge in [-0.25, -0.2) is 0 Å². The number of nitrogens with zero attached hydrogens (tertiary/aromatic N) is 3. The predicted molar refractivity (Wildman–Crippen MR) is 118 cm³/mol. The molecule has 0 unspecified atom stereocenters. The van der Waals surface area contributed by atoms with Crippen molar-refractivity contribution < 1.29 is 9.59 Å². The zero-order valence-corrected chi connectivity index (χ0v) is 18.8. The molecule has 0 aliphatic heterocycles. The molecule has 3 rings (SSSR count). The van der Waals surface area contributed by atoms with Gasteiger partial charge >= 0.3 is 0 Å². The van der Waals surface area contributed by atoms with Crippen molar-refractivity contribution in [2.45, 2.75) is 70.7 Å². The normalized spacial score (nSPS) is 18.8. The maximum Gasteiger partial charge on any atom is 0.251 e. The van der Waals surface area contributed by atoms with Gasteiger partial charge in [0.15, 0.2) is 11.0 Å². The molecule has 162 valence electrons. The van der Waals surface area contributed by atoms with Crippen molar-refractivity contribution in [3.05, 3.63) is 41.2 Å². The van der Waals surface area contributed by atoms with Crippen molar-refractivity contribution in [2.24, 2.45) is 5.92 Å². The van der Waals surface area contributed by atoms with Gasteiger partial charge in [-0.1, -0.05) is 49.7 Å². The molecule has 2 N–H and O–H groups in total. The lowest BCUT2D eigenvalue weighted by molar-refractivity contribution is -0.119. The summed E-state index contributed by atoms with van der Waals surface area (Å²) in [6, 6.07) is 7.77. The number of amides is 2. The van der Waals surface area contributed by atoms with E-state index in [1.165, 1.54) is 31.0 Å². The lowest BCUT2D eigenvalue weighted by Crippen LogP contribution is -2.41. The molecule has 0 radical (unpaired) electrons. The van der Waals surface area contributed by atoms with Crippen LogP contribution in [0.2, 0.25) is 0 Å². The summed E-state index contributed by atoms with van der Waals surface area (Å²) in [4.78, 5) is 24.8. The highest BCUT2D eigenvalue weighted by atomic mass is 32.2. The zero-order valence-electron chi connectivity index (χ0n) is 18.0. The van der Waals surface area contributed by atoms with Crippen LogP contribution in [0.5, 0.6) is 0 Å². The Labute approximate surface area is 182 Å². The smallest absolute Gasteiger partial charge is 0.251 e. The van der Waals surface area contributed by atoms with Gasteiger partial charge in [-0.05, 0) is 44.2 Å². The van der Waals surface area contributed by atoms with Crippen LogP contribution < -0.4 is 10.6 Å². The van der Waals surface area contributed by atoms with Crippen LogP contribution in [0, 0.1) is 12.8 Å². The van der Waals surface area contributed by atoms with Gasteiger partial charge in [0.05, 0.1) is 12.3 Å². The number of aryl methyl sites for hydroxylation is 1. The number of thioether (sulfide) groups is 1. The first kappa shape index (κ1) is 22.3. The lowest BCUT2D eigenvalue weighted by atomic mass is 9.86. The molecular weight excluding hydrogens is 398 g/mol. The fourth-order valence-corrected chi connectivity index (χ4v) is 4.70. The molecule has 2 amide bonds. The molecule has 1 heterocycles. The van der Waals surface area contributed by atoms with Crippen LogP contribution in [-0.2, 0) is 17.9 Å². The third-order valence-electron chi connectivity index (χ3n) is 5.70. The summed E-state index contributed by atoms with van der Waals surface area (Å²) in [7, 11) is 0. The molecule has 7 nitrogen and oxygen atoms in total. The monoisotopic (exact) mass is 429 g/mol. The van der Waals surface area contributed by atoms with Crippen LogP contribution in [0.25, 0.3) is 0 Å². The number of aromatic nitrogens is 3. The van der Waals surface area contributed by atoms with E-state index in [1.807, 2.05) is 42.7 Å². The molecule has 1 aliphatic carbocycles. The molecule has 1 saturated carbocycles. The molecule has 0 bridgehead atoms. The van der Waals surface area contributed by atoms with Gasteiger partial charge in [0.2, 0.25) is 5.91 Å². The van der Waals surface area contributed by atoms with E-state index in [1.54, 1.807) is 0 Å². The van der Waals surface area contributed by atoms with E-state index in [-0.39, 0.29) is 17.9 Å². The molecule has 30 heavy (non-hydrogen) atoms. The van der Waals surface area contributed by atoms with Crippen LogP contribution in [0.1, 0.15) is 61.3 Å². The Hall–Kier alpha value is -2.35. The fraction of sp³-hybridized carbons (Fsp3) is 0.545. The maximum atomic E-state index is 12.4. The van der Waals surface area contributed by atoms with Gasteiger partial charge in [0.25, 0.3) is 5.91 Å². The van der Waals surface area contributed by atoms with E-state index in [9.17, 15) is 9.59 Å². The number of carbonyl (C=O) groups is 2. The Bertz CT molecular complexity index is 882. The minimum absolute atomic E-state index is 0.0406. The summed E-state index contributed by atoms with van der Waals surface area (Å²) in [5.74, 6) is 1.45. The molecule has 1 fully saturated rings. The molecule has 1 aromatic carbocycles. The first-order chi connectivity index (χ1) is 14.5. The Morgan fingerprint density at radius 2 is 1.97 bits per heavy atom. The molecule has 0 saturated heterocycles. The topological polar surface area (TPSA) is 88.9 Å². The molecule has 2 aromatic rings. The Morgan fingerprint density at radius 1 is 1.20 bits per heavy atom. The highest BCUT2D eigenvalue weighted by Crippen LogP contribution is 2.24. The van der Waals surface area contributed by atoms with Crippen LogP contribution in [-0.4, -0.2) is 38.4 Å². The summed E-state index contributed by atoms with van der Waals surface area (Å²) < 4.78 is 1.94. The minimum Gasteiger partial charge on any atom is -0.352 e. The summed E-state index contributed by atoms with van der Waals surface area (Å²) in [5.41, 5.74) is 1.59. The minimum atomic E-state index is -0.131. The van der Waals surface area contributed by atoms with Gasteiger partial charge in [-0.3, -0.25) is 9.59 Å². The zero-order chi connectivity index (χ0) is 21.5. The number of hydrogen-bond donors (Lipinski definition) is 2. The van der Waals surface area contributed by atoms with Crippen LogP contribution >= 0.6 is 11.8 Å². The lowest BCUT2D eigenvalue weighted by Gasteiger charge is -2.29. The second-order valence-electron chi connectivity index (χ2n) is 7.87. The van der Waals surface area contributed by atoms with E-state index < -0.39 is 0 Å². The Kier molecular flexibility index (Phi) is 7.90. The molecular formula is C22H31N5O2S. The van der Waals surface area contributed by atoms with Crippen molar-refractivity contribution in [2.75, 3.05) is 5.75 Å². The van der Waals surface area contributed by atoms with Gasteiger partial charge in [-0.15, -0.1) is 10.2 Å². The number of hydrogen-bond acceptors (Lipinski definition) is 5. The van der Waals surface area contributed by atoms with E-state index in [2.05, 4.69) is 27.8 Å². The van der Waals surface area contributed by atoms with Crippen molar-refractivity contribution in [1.82, 2.24) is 25.4 Å². The Morgan fingerprint density at radius 3 is 2.70 bits per heavy atom. The van der Waals surface area contributed by atoms with Crippen molar-refractivity contribution in [1.29, 1.82) is 0 Å². The van der Waals surface area contributed by atoms with Crippen molar-refractivity contribution in [3.63, 3.8) is 0 Å². The molecule has 1 aromatic heterocycles. The number of carbonyl (C=O) groups excluding carboxylic acids is 2. The largest absolute Gasteiger partial charge is 0.352 e. The first-order valence-electron chi connectivity index (χ1n) is 10.7. The highest BCUT2D eigenvalue weighted by Gasteiger charge is 2.23. The number of nitrogens with one attached hydrogen (secondary N) is 2. The number of benzene rings is 1. The second-order valence-corrected chi connectivity index (χ2v) is 8.81. The van der Waals surface area contributed by atoms with E-state index in [4.69, 9.17) is 0 Å². The van der Waals surface area contributed by atoms with Crippen LogP contribution in [0.4, 0.5) is 0 Å². The SMILES string of the molecule is CCn1c(CNC(=O)c2ccccc2C)nnc1SCC(=O)N[C@@H]1CCCC[C@@H]1C. The average Bonchev–Trinajstić information content (AvgIpc) is 3.14. The van der Waals surface area contributed by atoms with Gasteiger partial charge in [0.1, 0.15) is 0 Å². The molecule has 0 spiro atoms. The van der Waals surface area contributed by atoms with Crippen molar-refractivity contribution >= 4 is 23.6 Å². The summed E-state index contributed by atoms with van der Waals surface area (Å²) in [6.45, 7) is 7.09. The maximum absolute atomic E-state index is 12.4. The van der Waals surface area contributed by atoms with Crippen LogP contribution in [0.15, 0.2) is 29.4 Å². The van der Waals surface area contributed by atoms with E-state index >= 15 is 0 Å². The standard InChI is InChI=1S/C22H31N5O2S/c1-4-27-19(13-23-21(29)17-11-7-5-9-15(17)2)25-26-22(27)30-14-20(28)24-18-12-8-6-10-16(18)3/h5,7,9,11,16,18H,4,6,8,10,12-14H2,1-3H3,(H,23,29)(H,24,28)/t16-,18+/m0/s1. The van der Waals surface area contributed by atoms with E-state index in [0.717, 1.165) is 12.0 Å². The third-order valence-corrected chi connectivity index (χ3v) is 6.66. The predicted octanol–water partition coefficient (Wildman–Crippen LogP) is 3.32. The highest BCUT2D eigenvalue weighted by molar-refractivity contribution is 7.99. The quantitative estimate of drug-likeness (QED) is 0.629. The van der Waals surface area contributed by atoms with Crippen molar-refractivity contribution in [3.8, 4) is 0 Å².